The van der Waals surface area contributed by atoms with Crippen molar-refractivity contribution in [1.82, 2.24) is 0 Å². The fraction of sp³-hybridized carbons (Fsp3) is 0.955. The Hall–Kier alpha value is -0.450. The monoisotopic (exact) mass is 364 g/mol. The van der Waals surface area contributed by atoms with Gasteiger partial charge in [0, 0.05) is 5.41 Å². The lowest BCUT2D eigenvalue weighted by molar-refractivity contribution is -0.203. The molecule has 3 N–H and O–H groups in total. The highest BCUT2D eigenvalue weighted by molar-refractivity contribution is 5.86. The number of fused-ring (bicyclic) bond motifs is 5. The predicted octanol–water partition coefficient (Wildman–Crippen LogP) is 2.93. The molecular formula is C22H36O4. The van der Waals surface area contributed by atoms with Crippen LogP contribution in [0.25, 0.3) is 0 Å². The summed E-state index contributed by atoms with van der Waals surface area (Å²) in [6.07, 6.45) is 5.56. The van der Waals surface area contributed by atoms with E-state index in [1.54, 1.807) is 0 Å². The van der Waals surface area contributed by atoms with E-state index in [0.29, 0.717) is 24.2 Å². The van der Waals surface area contributed by atoms with Crippen molar-refractivity contribution in [3.05, 3.63) is 0 Å². The van der Waals surface area contributed by atoms with Crippen molar-refractivity contribution < 1.29 is 20.1 Å². The molecule has 4 heteroatoms. The first-order chi connectivity index (χ1) is 12.1. The van der Waals surface area contributed by atoms with Crippen molar-refractivity contribution in [2.24, 2.45) is 40.4 Å². The number of hydrogen-bond donors (Lipinski definition) is 3. The maximum Gasteiger partial charge on any atom is 0.162 e. The molecule has 0 saturated heterocycles. The molecule has 0 aliphatic heterocycles. The summed E-state index contributed by atoms with van der Waals surface area (Å²) in [5.41, 5.74) is -1.77. The molecule has 0 aromatic carbocycles. The molecule has 0 bridgehead atoms. The van der Waals surface area contributed by atoms with Gasteiger partial charge >= 0.3 is 0 Å². The molecule has 10 atom stereocenters. The van der Waals surface area contributed by atoms with Crippen LogP contribution in [0.15, 0.2) is 0 Å². The molecule has 0 radical (unpaired) electrons. The molecule has 4 nitrogen and oxygen atoms in total. The van der Waals surface area contributed by atoms with Gasteiger partial charge in [-0.2, -0.15) is 0 Å². The first-order valence-corrected chi connectivity index (χ1v) is 10.6. The number of rotatable bonds is 1. The number of aliphatic hydroxyl groups is 3. The van der Waals surface area contributed by atoms with E-state index in [9.17, 15) is 20.1 Å². The topological polar surface area (TPSA) is 77.8 Å². The van der Waals surface area contributed by atoms with Gasteiger partial charge in [-0.1, -0.05) is 20.8 Å². The van der Waals surface area contributed by atoms with E-state index in [-0.39, 0.29) is 29.1 Å². The van der Waals surface area contributed by atoms with E-state index < -0.39 is 17.1 Å². The minimum Gasteiger partial charge on any atom is -0.393 e. The Morgan fingerprint density at radius 2 is 1.77 bits per heavy atom. The van der Waals surface area contributed by atoms with Crippen LogP contribution in [-0.4, -0.2) is 38.9 Å². The van der Waals surface area contributed by atoms with Crippen LogP contribution in [-0.2, 0) is 4.79 Å². The van der Waals surface area contributed by atoms with E-state index in [4.69, 9.17) is 0 Å². The van der Waals surface area contributed by atoms with Crippen LogP contribution in [0.3, 0.4) is 0 Å². The third kappa shape index (κ3) is 2.15. The Kier molecular flexibility index (Phi) is 4.20. The molecule has 26 heavy (non-hydrogen) atoms. The van der Waals surface area contributed by atoms with Gasteiger partial charge in [0.05, 0.1) is 12.2 Å². The molecule has 4 saturated carbocycles. The van der Waals surface area contributed by atoms with Gasteiger partial charge in [0.1, 0.15) is 5.60 Å². The second-order valence-electron chi connectivity index (χ2n) is 10.7. The number of Topliss-reactive ketones (excluding diaryl/α,β-unsaturated/α-hetero) is 1. The third-order valence-electron chi connectivity index (χ3n) is 9.69. The molecule has 4 fully saturated rings. The normalized spacial score (nSPS) is 59.3. The number of carbonyl (C=O) groups is 1. The van der Waals surface area contributed by atoms with E-state index >= 15 is 0 Å². The summed E-state index contributed by atoms with van der Waals surface area (Å²) in [6, 6.07) is 0. The summed E-state index contributed by atoms with van der Waals surface area (Å²) >= 11 is 0. The molecular weight excluding hydrogens is 328 g/mol. The first-order valence-electron chi connectivity index (χ1n) is 10.6. The smallest absolute Gasteiger partial charge is 0.162 e. The molecule has 0 aromatic rings. The van der Waals surface area contributed by atoms with E-state index in [2.05, 4.69) is 13.8 Å². The molecule has 0 heterocycles. The van der Waals surface area contributed by atoms with Crippen LogP contribution in [0.2, 0.25) is 0 Å². The molecule has 4 aliphatic rings. The fourth-order valence-electron chi connectivity index (χ4n) is 8.44. The largest absolute Gasteiger partial charge is 0.393 e. The van der Waals surface area contributed by atoms with Crippen molar-refractivity contribution in [2.45, 2.75) is 90.4 Å². The quantitative estimate of drug-likeness (QED) is 0.668. The van der Waals surface area contributed by atoms with Gasteiger partial charge in [0.15, 0.2) is 5.78 Å². The van der Waals surface area contributed by atoms with Crippen molar-refractivity contribution >= 4 is 5.78 Å². The van der Waals surface area contributed by atoms with Crippen molar-refractivity contribution in [3.8, 4) is 0 Å². The van der Waals surface area contributed by atoms with Gasteiger partial charge in [0.2, 0.25) is 0 Å². The number of aliphatic hydroxyl groups excluding tert-OH is 2. The SMILES string of the molecule is CC(=O)[C@@]1(O)[C@H](C)C[C@@H]2[C@@H]3CC[C@H]4C[C@H](O)CC[C@]4(C)[C@@H]3[C@H](O)C[C@@]21C. The Labute approximate surface area is 157 Å². The summed E-state index contributed by atoms with van der Waals surface area (Å²) in [6.45, 7) is 7.92. The van der Waals surface area contributed by atoms with E-state index in [1.807, 2.05) is 6.92 Å². The van der Waals surface area contributed by atoms with Crippen molar-refractivity contribution in [1.29, 1.82) is 0 Å². The van der Waals surface area contributed by atoms with Gasteiger partial charge in [-0.3, -0.25) is 4.79 Å². The second-order valence-corrected chi connectivity index (χ2v) is 10.7. The molecule has 148 valence electrons. The average Bonchev–Trinajstić information content (AvgIpc) is 2.76. The summed E-state index contributed by atoms with van der Waals surface area (Å²) in [5.74, 6) is 1.19. The minimum atomic E-state index is -1.32. The zero-order chi connectivity index (χ0) is 19.1. The standard InChI is InChI=1S/C22H36O4/c1-12-9-17-16-6-5-14-10-15(24)7-8-20(14,3)19(16)18(25)11-21(17,4)22(12,26)13(2)23/h12,14-19,24-26H,5-11H2,1-4H3/t12-,14+,15-,16+,17-,18-,19+,20+,21+,22+/m1/s1. The van der Waals surface area contributed by atoms with E-state index in [0.717, 1.165) is 38.5 Å². The van der Waals surface area contributed by atoms with E-state index in [1.165, 1.54) is 6.92 Å². The number of carbonyl (C=O) groups excluding carboxylic acids is 1. The summed E-state index contributed by atoms with van der Waals surface area (Å²) in [4.78, 5) is 12.5. The van der Waals surface area contributed by atoms with Crippen molar-refractivity contribution in [2.75, 3.05) is 0 Å². The number of hydrogen-bond acceptors (Lipinski definition) is 4. The van der Waals surface area contributed by atoms with Gasteiger partial charge in [-0.25, -0.2) is 0 Å². The maximum absolute atomic E-state index is 12.5. The summed E-state index contributed by atoms with van der Waals surface area (Å²) in [5, 5.41) is 32.9. The highest BCUT2D eigenvalue weighted by atomic mass is 16.3. The Balaban J connectivity index is 1.73. The zero-order valence-electron chi connectivity index (χ0n) is 16.7. The van der Waals surface area contributed by atoms with Crippen molar-refractivity contribution in [3.63, 3.8) is 0 Å². The van der Waals surface area contributed by atoms with Crippen LogP contribution in [0.4, 0.5) is 0 Å². The molecule has 0 amide bonds. The van der Waals surface area contributed by atoms with Gasteiger partial charge in [-0.15, -0.1) is 0 Å². The van der Waals surface area contributed by atoms with Gasteiger partial charge < -0.3 is 15.3 Å². The van der Waals surface area contributed by atoms with Crippen LogP contribution >= 0.6 is 0 Å². The van der Waals surface area contributed by atoms with Crippen LogP contribution < -0.4 is 0 Å². The Morgan fingerprint density at radius 1 is 1.08 bits per heavy atom. The first kappa shape index (κ1) is 18.9. The third-order valence-corrected chi connectivity index (χ3v) is 9.69. The molecule has 0 spiro atoms. The zero-order valence-corrected chi connectivity index (χ0v) is 16.7. The lowest BCUT2D eigenvalue weighted by Crippen LogP contribution is -2.63. The highest BCUT2D eigenvalue weighted by Crippen LogP contribution is 2.69. The highest BCUT2D eigenvalue weighted by Gasteiger charge is 2.70. The molecule has 0 unspecified atom stereocenters. The van der Waals surface area contributed by atoms with Crippen LogP contribution in [0.5, 0.6) is 0 Å². The number of ketones is 1. The molecule has 0 aromatic heterocycles. The minimum absolute atomic E-state index is 0.0559. The van der Waals surface area contributed by atoms with Gasteiger partial charge in [0.25, 0.3) is 0 Å². The Morgan fingerprint density at radius 3 is 2.42 bits per heavy atom. The second kappa shape index (κ2) is 5.78. The van der Waals surface area contributed by atoms with Gasteiger partial charge in [-0.05, 0) is 86.9 Å². The lowest BCUT2D eigenvalue weighted by atomic mass is 9.43. The summed E-state index contributed by atoms with van der Waals surface area (Å²) < 4.78 is 0. The fourth-order valence-corrected chi connectivity index (χ4v) is 8.44. The Bertz CT molecular complexity index is 605. The van der Waals surface area contributed by atoms with Crippen LogP contribution in [0, 0.1) is 40.4 Å². The average molecular weight is 365 g/mol. The lowest BCUT2D eigenvalue weighted by Gasteiger charge is -2.62. The maximum atomic E-state index is 12.5. The molecule has 4 aliphatic carbocycles. The predicted molar refractivity (Wildman–Crippen MR) is 99.3 cm³/mol. The molecule has 4 rings (SSSR count). The summed E-state index contributed by atoms with van der Waals surface area (Å²) in [7, 11) is 0. The van der Waals surface area contributed by atoms with Crippen LogP contribution in [0.1, 0.15) is 72.6 Å².